The summed E-state index contributed by atoms with van der Waals surface area (Å²) < 4.78 is 26.6. The van der Waals surface area contributed by atoms with E-state index in [1.807, 2.05) is 24.4 Å². The van der Waals surface area contributed by atoms with E-state index < -0.39 is 10.0 Å². The number of aromatic nitrogens is 6. The summed E-state index contributed by atoms with van der Waals surface area (Å²) in [6.07, 6.45) is 7.03. The van der Waals surface area contributed by atoms with Crippen molar-refractivity contribution in [3.8, 4) is 5.82 Å². The van der Waals surface area contributed by atoms with Crippen LogP contribution in [0.5, 0.6) is 0 Å². The van der Waals surface area contributed by atoms with Gasteiger partial charge in [-0.1, -0.05) is 39.8 Å². The van der Waals surface area contributed by atoms with Crippen LogP contribution in [0.4, 0.5) is 5.82 Å². The smallest absolute Gasteiger partial charge is 0.230 e. The van der Waals surface area contributed by atoms with E-state index >= 15 is 0 Å². The molecule has 0 radical (unpaired) electrons. The summed E-state index contributed by atoms with van der Waals surface area (Å²) in [6.45, 7) is 8.65. The zero-order chi connectivity index (χ0) is 21.3. The van der Waals surface area contributed by atoms with Crippen molar-refractivity contribution in [2.75, 3.05) is 11.0 Å². The van der Waals surface area contributed by atoms with E-state index in [1.165, 1.54) is 11.0 Å². The molecule has 0 fully saturated rings. The number of sulfonamides is 1. The van der Waals surface area contributed by atoms with Crippen molar-refractivity contribution in [2.24, 2.45) is 0 Å². The SMILES string of the molecule is CC(C)(CC(C)(C)c1ccc(-n2cnnn2)nc1)c1ccc(NS(C)(=O)=O)nc1. The first-order chi connectivity index (χ1) is 13.5. The molecule has 0 saturated heterocycles. The Morgan fingerprint density at radius 3 is 2.03 bits per heavy atom. The second kappa shape index (κ2) is 7.51. The van der Waals surface area contributed by atoms with Crippen LogP contribution >= 0.6 is 0 Å². The normalized spacial score (nSPS) is 12.7. The molecule has 0 spiro atoms. The molecule has 0 aromatic carbocycles. The van der Waals surface area contributed by atoms with Crippen molar-refractivity contribution < 1.29 is 8.42 Å². The molecule has 0 aliphatic rings. The molecule has 0 amide bonds. The van der Waals surface area contributed by atoms with Gasteiger partial charge in [-0.2, -0.15) is 4.68 Å². The van der Waals surface area contributed by atoms with Gasteiger partial charge in [-0.25, -0.2) is 18.4 Å². The molecule has 3 rings (SSSR count). The van der Waals surface area contributed by atoms with Gasteiger partial charge in [0.15, 0.2) is 5.82 Å². The number of nitrogens with one attached hydrogen (secondary N) is 1. The van der Waals surface area contributed by atoms with E-state index in [9.17, 15) is 8.42 Å². The average molecular weight is 416 g/mol. The quantitative estimate of drug-likeness (QED) is 0.630. The van der Waals surface area contributed by atoms with Crippen LogP contribution in [-0.2, 0) is 20.9 Å². The molecule has 0 unspecified atom stereocenters. The highest BCUT2D eigenvalue weighted by molar-refractivity contribution is 7.92. The maximum absolute atomic E-state index is 11.4. The van der Waals surface area contributed by atoms with Crippen LogP contribution in [0.1, 0.15) is 45.2 Å². The van der Waals surface area contributed by atoms with E-state index in [0.717, 1.165) is 23.8 Å². The Balaban J connectivity index is 1.77. The average Bonchev–Trinajstić information content (AvgIpc) is 3.15. The van der Waals surface area contributed by atoms with Gasteiger partial charge in [0.2, 0.25) is 10.0 Å². The minimum absolute atomic E-state index is 0.153. The number of tetrazole rings is 1. The fourth-order valence-electron chi connectivity index (χ4n) is 3.54. The standard InChI is InChI=1S/C19H25N7O2S/c1-18(2,14-6-8-16(20-10-14)23-29(5,27)28)12-19(3,4)15-7-9-17(21-11-15)26-13-22-24-25-26/h6-11,13H,12H2,1-5H3,(H,20,23). The van der Waals surface area contributed by atoms with Crippen LogP contribution in [-0.4, -0.2) is 44.8 Å². The minimum atomic E-state index is -3.34. The number of anilines is 1. The van der Waals surface area contributed by atoms with Crippen molar-refractivity contribution in [1.29, 1.82) is 0 Å². The highest BCUT2D eigenvalue weighted by Crippen LogP contribution is 2.38. The number of hydrogen-bond acceptors (Lipinski definition) is 7. The topological polar surface area (TPSA) is 116 Å². The molecule has 154 valence electrons. The molecule has 0 aliphatic heterocycles. The summed E-state index contributed by atoms with van der Waals surface area (Å²) in [5, 5.41) is 11.1. The summed E-state index contributed by atoms with van der Waals surface area (Å²) >= 11 is 0. The van der Waals surface area contributed by atoms with Gasteiger partial charge in [0.05, 0.1) is 6.26 Å². The Morgan fingerprint density at radius 1 is 0.966 bits per heavy atom. The molecule has 9 nitrogen and oxygen atoms in total. The number of hydrogen-bond donors (Lipinski definition) is 1. The maximum Gasteiger partial charge on any atom is 0.230 e. The fraction of sp³-hybridized carbons (Fsp3) is 0.421. The molecule has 3 heterocycles. The Bertz CT molecular complexity index is 1060. The molecule has 10 heteroatoms. The predicted octanol–water partition coefficient (Wildman–Crippen LogP) is 2.47. The lowest BCUT2D eigenvalue weighted by molar-refractivity contribution is 0.347. The molecule has 1 N–H and O–H groups in total. The summed E-state index contributed by atoms with van der Waals surface area (Å²) in [4.78, 5) is 8.73. The number of rotatable bonds is 7. The van der Waals surface area contributed by atoms with Gasteiger partial charge in [-0.3, -0.25) is 4.72 Å². The third kappa shape index (κ3) is 5.14. The van der Waals surface area contributed by atoms with E-state index in [0.29, 0.717) is 11.6 Å². The largest absolute Gasteiger partial charge is 0.268 e. The van der Waals surface area contributed by atoms with Gasteiger partial charge in [-0.05, 0) is 50.9 Å². The third-order valence-corrected chi connectivity index (χ3v) is 5.41. The lowest BCUT2D eigenvalue weighted by atomic mass is 9.69. The number of pyridine rings is 2. The highest BCUT2D eigenvalue weighted by atomic mass is 32.2. The molecule has 0 saturated carbocycles. The number of nitrogens with zero attached hydrogens (tertiary/aromatic N) is 6. The lowest BCUT2D eigenvalue weighted by Crippen LogP contribution is -2.30. The Hall–Kier alpha value is -2.88. The molecule has 29 heavy (non-hydrogen) atoms. The van der Waals surface area contributed by atoms with Crippen LogP contribution in [0.15, 0.2) is 43.0 Å². The van der Waals surface area contributed by atoms with Gasteiger partial charge in [-0.15, -0.1) is 5.10 Å². The van der Waals surface area contributed by atoms with Crippen LogP contribution < -0.4 is 4.72 Å². The van der Waals surface area contributed by atoms with Crippen molar-refractivity contribution in [3.05, 3.63) is 54.1 Å². The highest BCUT2D eigenvalue weighted by Gasteiger charge is 2.32. The zero-order valence-electron chi connectivity index (χ0n) is 17.2. The molecule has 3 aromatic heterocycles. The van der Waals surface area contributed by atoms with Crippen molar-refractivity contribution in [1.82, 2.24) is 30.2 Å². The zero-order valence-corrected chi connectivity index (χ0v) is 18.0. The fourth-order valence-corrected chi connectivity index (χ4v) is 4.04. The summed E-state index contributed by atoms with van der Waals surface area (Å²) in [6, 6.07) is 7.54. The molecule has 0 atom stereocenters. The van der Waals surface area contributed by atoms with Crippen LogP contribution in [0.25, 0.3) is 5.82 Å². The molecular formula is C19H25N7O2S. The molecule has 3 aromatic rings. The second-order valence-corrected chi connectivity index (χ2v) is 10.2. The monoisotopic (exact) mass is 415 g/mol. The third-order valence-electron chi connectivity index (χ3n) is 4.83. The van der Waals surface area contributed by atoms with Gasteiger partial charge in [0.25, 0.3) is 0 Å². The van der Waals surface area contributed by atoms with Crippen molar-refractivity contribution in [3.63, 3.8) is 0 Å². The maximum atomic E-state index is 11.4. The van der Waals surface area contributed by atoms with Gasteiger partial charge in [0, 0.05) is 12.4 Å². The van der Waals surface area contributed by atoms with Gasteiger partial charge >= 0.3 is 0 Å². The first-order valence-electron chi connectivity index (χ1n) is 9.11. The Labute approximate surface area is 170 Å². The van der Waals surface area contributed by atoms with Crippen molar-refractivity contribution >= 4 is 15.8 Å². The summed E-state index contributed by atoms with van der Waals surface area (Å²) in [5.74, 6) is 0.973. The van der Waals surface area contributed by atoms with Crippen LogP contribution in [0.3, 0.4) is 0 Å². The van der Waals surface area contributed by atoms with E-state index in [2.05, 4.69) is 57.9 Å². The molecule has 0 bridgehead atoms. The first kappa shape index (κ1) is 20.8. The Morgan fingerprint density at radius 2 is 1.59 bits per heavy atom. The van der Waals surface area contributed by atoms with Crippen LogP contribution in [0, 0.1) is 0 Å². The second-order valence-electron chi connectivity index (χ2n) is 8.41. The lowest BCUT2D eigenvalue weighted by Gasteiger charge is -2.35. The van der Waals surface area contributed by atoms with Gasteiger partial charge in [0.1, 0.15) is 12.1 Å². The molecule has 0 aliphatic carbocycles. The minimum Gasteiger partial charge on any atom is -0.268 e. The van der Waals surface area contributed by atoms with E-state index in [1.54, 1.807) is 12.3 Å². The Kier molecular flexibility index (Phi) is 5.40. The van der Waals surface area contributed by atoms with E-state index in [-0.39, 0.29) is 10.8 Å². The van der Waals surface area contributed by atoms with Crippen LogP contribution in [0.2, 0.25) is 0 Å². The summed E-state index contributed by atoms with van der Waals surface area (Å²) in [5.41, 5.74) is 1.79. The molecular weight excluding hydrogens is 390 g/mol. The van der Waals surface area contributed by atoms with Crippen molar-refractivity contribution in [2.45, 2.75) is 44.9 Å². The predicted molar refractivity (Wildman–Crippen MR) is 110 cm³/mol. The first-order valence-corrected chi connectivity index (χ1v) is 11.0. The van der Waals surface area contributed by atoms with Gasteiger partial charge < -0.3 is 0 Å². The van der Waals surface area contributed by atoms with E-state index in [4.69, 9.17) is 0 Å². The summed E-state index contributed by atoms with van der Waals surface area (Å²) in [7, 11) is -3.34.